The van der Waals surface area contributed by atoms with Crippen LogP contribution < -0.4 is 0 Å². The molecule has 0 bridgehead atoms. The minimum Gasteiger partial charge on any atom is -0.454 e. The van der Waals surface area contributed by atoms with Crippen LogP contribution in [-0.2, 0) is 11.3 Å². The fourth-order valence-electron chi connectivity index (χ4n) is 2.76. The number of hydrogen-bond donors (Lipinski definition) is 0. The molecule has 0 saturated heterocycles. The number of esters is 1. The lowest BCUT2D eigenvalue weighted by atomic mass is 10.2. The lowest BCUT2D eigenvalue weighted by Gasteiger charge is -2.06. The summed E-state index contributed by atoms with van der Waals surface area (Å²) in [5, 5.41) is 4.45. The highest BCUT2D eigenvalue weighted by Gasteiger charge is 2.21. The maximum absolute atomic E-state index is 12.5. The molecule has 0 N–H and O–H groups in total. The van der Waals surface area contributed by atoms with Crippen molar-refractivity contribution in [2.75, 3.05) is 6.61 Å². The van der Waals surface area contributed by atoms with E-state index in [9.17, 15) is 9.59 Å². The van der Waals surface area contributed by atoms with E-state index in [1.54, 1.807) is 17.7 Å². The Morgan fingerprint density at radius 2 is 1.81 bits per heavy atom. The Labute approximate surface area is 156 Å². The summed E-state index contributed by atoms with van der Waals surface area (Å²) in [6, 6.07) is 13.5. The molecule has 0 fully saturated rings. The van der Waals surface area contributed by atoms with E-state index in [4.69, 9.17) is 4.74 Å². The Balaban J connectivity index is 1.70. The summed E-state index contributed by atoms with van der Waals surface area (Å²) in [4.78, 5) is 26.2. The smallest absolute Gasteiger partial charge is 0.342 e. The summed E-state index contributed by atoms with van der Waals surface area (Å²) in [5.41, 5.74) is 2.86. The number of thiophene rings is 1. The van der Waals surface area contributed by atoms with Gasteiger partial charge >= 0.3 is 5.97 Å². The number of aryl methyl sites for hydroxylation is 2. The zero-order chi connectivity index (χ0) is 18.7. The highest BCUT2D eigenvalue weighted by molar-refractivity contribution is 7.14. The molecule has 134 valence electrons. The van der Waals surface area contributed by atoms with Crippen molar-refractivity contribution in [1.82, 2.24) is 9.78 Å². The Hall–Kier alpha value is -2.73. The van der Waals surface area contributed by atoms with Crippen LogP contribution in [0.5, 0.6) is 0 Å². The van der Waals surface area contributed by atoms with Crippen molar-refractivity contribution >= 4 is 23.1 Å². The van der Waals surface area contributed by atoms with Crippen LogP contribution in [0.4, 0.5) is 0 Å². The van der Waals surface area contributed by atoms with Crippen molar-refractivity contribution in [2.24, 2.45) is 0 Å². The molecule has 3 rings (SSSR count). The number of carbonyl (C=O) groups is 2. The first-order valence-corrected chi connectivity index (χ1v) is 9.12. The maximum atomic E-state index is 12.5. The summed E-state index contributed by atoms with van der Waals surface area (Å²) < 4.78 is 7.03. The standard InChI is InChI=1S/C20H20N2O3S/c1-13-9-10-18(26-13)17(23)12-25-20(24)19-14(2)21-22(15(19)3)11-16-7-5-4-6-8-16/h4-10H,11-12H2,1-3H3. The second-order valence-corrected chi connectivity index (χ2v) is 7.39. The minimum absolute atomic E-state index is 0.191. The highest BCUT2D eigenvalue weighted by atomic mass is 32.1. The number of aromatic nitrogens is 2. The number of rotatable bonds is 6. The van der Waals surface area contributed by atoms with E-state index in [2.05, 4.69) is 5.10 Å². The molecule has 1 aromatic carbocycles. The maximum Gasteiger partial charge on any atom is 0.342 e. The topological polar surface area (TPSA) is 61.2 Å². The van der Waals surface area contributed by atoms with Gasteiger partial charge in [0, 0.05) is 4.88 Å². The van der Waals surface area contributed by atoms with Crippen LogP contribution in [0.3, 0.4) is 0 Å². The van der Waals surface area contributed by atoms with Gasteiger partial charge in [-0.3, -0.25) is 9.48 Å². The zero-order valence-corrected chi connectivity index (χ0v) is 15.8. The van der Waals surface area contributed by atoms with Gasteiger partial charge in [0.25, 0.3) is 0 Å². The molecule has 0 saturated carbocycles. The van der Waals surface area contributed by atoms with Gasteiger partial charge in [0.2, 0.25) is 5.78 Å². The molecule has 0 spiro atoms. The number of Topliss-reactive ketones (excluding diaryl/α,β-unsaturated/α-hetero) is 1. The van der Waals surface area contributed by atoms with Crippen molar-refractivity contribution < 1.29 is 14.3 Å². The van der Waals surface area contributed by atoms with Crippen LogP contribution in [0, 0.1) is 20.8 Å². The molecule has 2 heterocycles. The first-order valence-electron chi connectivity index (χ1n) is 8.30. The Kier molecular flexibility index (Phi) is 5.32. The zero-order valence-electron chi connectivity index (χ0n) is 15.0. The van der Waals surface area contributed by atoms with E-state index in [1.165, 1.54) is 11.3 Å². The first-order chi connectivity index (χ1) is 12.5. The lowest BCUT2D eigenvalue weighted by molar-refractivity contribution is 0.0474. The SMILES string of the molecule is Cc1ccc(C(=O)COC(=O)c2c(C)nn(Cc3ccccc3)c2C)s1. The van der Waals surface area contributed by atoms with Crippen molar-refractivity contribution in [3.8, 4) is 0 Å². The van der Waals surface area contributed by atoms with E-state index in [0.29, 0.717) is 22.7 Å². The number of nitrogens with zero attached hydrogens (tertiary/aromatic N) is 2. The van der Waals surface area contributed by atoms with Crippen molar-refractivity contribution in [2.45, 2.75) is 27.3 Å². The van der Waals surface area contributed by atoms with Crippen molar-refractivity contribution in [3.05, 3.63) is 74.7 Å². The van der Waals surface area contributed by atoms with Crippen molar-refractivity contribution in [1.29, 1.82) is 0 Å². The fraction of sp³-hybridized carbons (Fsp3) is 0.250. The molecule has 0 amide bonds. The van der Waals surface area contributed by atoms with Crippen LogP contribution in [0.2, 0.25) is 0 Å². The summed E-state index contributed by atoms with van der Waals surface area (Å²) in [6.45, 7) is 5.86. The molecule has 5 nitrogen and oxygen atoms in total. The van der Waals surface area contributed by atoms with Gasteiger partial charge in [-0.05, 0) is 38.5 Å². The Bertz CT molecular complexity index is 941. The molecule has 0 atom stereocenters. The van der Waals surface area contributed by atoms with Gasteiger partial charge in [-0.25, -0.2) is 4.79 Å². The van der Waals surface area contributed by atoms with E-state index in [0.717, 1.165) is 16.1 Å². The van der Waals surface area contributed by atoms with Gasteiger partial charge in [-0.15, -0.1) is 11.3 Å². The van der Waals surface area contributed by atoms with Crippen LogP contribution in [-0.4, -0.2) is 28.1 Å². The van der Waals surface area contributed by atoms with Crippen LogP contribution in [0.25, 0.3) is 0 Å². The molecular weight excluding hydrogens is 348 g/mol. The number of ether oxygens (including phenoxy) is 1. The van der Waals surface area contributed by atoms with Gasteiger partial charge in [0.1, 0.15) is 5.56 Å². The number of ketones is 1. The second-order valence-electron chi connectivity index (χ2n) is 6.10. The highest BCUT2D eigenvalue weighted by Crippen LogP contribution is 2.18. The molecule has 2 aromatic heterocycles. The summed E-state index contributed by atoms with van der Waals surface area (Å²) >= 11 is 1.40. The summed E-state index contributed by atoms with van der Waals surface area (Å²) in [7, 11) is 0. The largest absolute Gasteiger partial charge is 0.454 e. The van der Waals surface area contributed by atoms with Crippen LogP contribution >= 0.6 is 11.3 Å². The molecule has 0 unspecified atom stereocenters. The molecular formula is C20H20N2O3S. The van der Waals surface area contributed by atoms with E-state index in [-0.39, 0.29) is 12.4 Å². The van der Waals surface area contributed by atoms with Crippen LogP contribution in [0.15, 0.2) is 42.5 Å². The number of hydrogen-bond acceptors (Lipinski definition) is 5. The second kappa shape index (κ2) is 7.66. The summed E-state index contributed by atoms with van der Waals surface area (Å²) in [5.74, 6) is -0.704. The number of benzene rings is 1. The lowest BCUT2D eigenvalue weighted by Crippen LogP contribution is -2.15. The van der Waals surface area contributed by atoms with Gasteiger partial charge in [-0.2, -0.15) is 5.10 Å². The third kappa shape index (κ3) is 3.91. The van der Waals surface area contributed by atoms with Gasteiger partial charge in [0.15, 0.2) is 6.61 Å². The fourth-order valence-corrected chi connectivity index (χ4v) is 3.55. The van der Waals surface area contributed by atoms with E-state index >= 15 is 0 Å². The van der Waals surface area contributed by atoms with Crippen molar-refractivity contribution in [3.63, 3.8) is 0 Å². The van der Waals surface area contributed by atoms with Gasteiger partial charge in [0.05, 0.1) is 22.8 Å². The minimum atomic E-state index is -0.513. The Morgan fingerprint density at radius 1 is 1.08 bits per heavy atom. The number of carbonyl (C=O) groups excluding carboxylic acids is 2. The third-order valence-electron chi connectivity index (χ3n) is 4.11. The average molecular weight is 368 g/mol. The van der Waals surface area contributed by atoms with Gasteiger partial charge < -0.3 is 4.74 Å². The molecule has 0 aliphatic rings. The molecule has 26 heavy (non-hydrogen) atoms. The average Bonchev–Trinajstić information content (AvgIpc) is 3.17. The molecule has 0 aliphatic carbocycles. The van der Waals surface area contributed by atoms with Gasteiger partial charge in [-0.1, -0.05) is 30.3 Å². The monoisotopic (exact) mass is 368 g/mol. The third-order valence-corrected chi connectivity index (χ3v) is 5.15. The predicted octanol–water partition coefficient (Wildman–Crippen LogP) is 3.96. The quantitative estimate of drug-likeness (QED) is 0.488. The predicted molar refractivity (Wildman–Crippen MR) is 101 cm³/mol. The van der Waals surface area contributed by atoms with Crippen LogP contribution in [0.1, 0.15) is 41.9 Å². The molecule has 3 aromatic rings. The first kappa shape index (κ1) is 18.1. The molecule has 0 aliphatic heterocycles. The van der Waals surface area contributed by atoms with E-state index in [1.807, 2.05) is 50.2 Å². The Morgan fingerprint density at radius 3 is 2.46 bits per heavy atom. The summed E-state index contributed by atoms with van der Waals surface area (Å²) in [6.07, 6.45) is 0. The molecule has 6 heteroatoms. The normalized spacial score (nSPS) is 10.7. The van der Waals surface area contributed by atoms with E-state index < -0.39 is 5.97 Å². The molecule has 0 radical (unpaired) electrons.